The molecule has 1 atom stereocenters. The molecule has 112 valence electrons. The minimum atomic E-state index is -0.572. The lowest BCUT2D eigenvalue weighted by Gasteiger charge is -2.23. The van der Waals surface area contributed by atoms with E-state index in [9.17, 15) is 10.2 Å². The normalized spacial score (nSPS) is 18.9. The molecule has 0 spiro atoms. The molecule has 4 heteroatoms. The number of nitrogens with one attached hydrogen (secondary N) is 1. The fourth-order valence-corrected chi connectivity index (χ4v) is 2.64. The summed E-state index contributed by atoms with van der Waals surface area (Å²) in [6.45, 7) is 3.25. The molecule has 0 radical (unpaired) electrons. The number of aliphatic hydroxyl groups is 2. The van der Waals surface area contributed by atoms with Crippen LogP contribution >= 0.6 is 0 Å². The topological polar surface area (TPSA) is 61.7 Å². The van der Waals surface area contributed by atoms with Crippen molar-refractivity contribution in [1.29, 1.82) is 0 Å². The molecule has 0 heterocycles. The molecular formula is C16H25NO3. The van der Waals surface area contributed by atoms with E-state index in [1.807, 2.05) is 31.2 Å². The van der Waals surface area contributed by atoms with Crippen molar-refractivity contribution in [2.75, 3.05) is 19.7 Å². The second-order valence-electron chi connectivity index (χ2n) is 5.84. The van der Waals surface area contributed by atoms with E-state index in [0.29, 0.717) is 13.1 Å². The molecule has 4 nitrogen and oxygen atoms in total. The largest absolute Gasteiger partial charge is 0.491 e. The lowest BCUT2D eigenvalue weighted by Crippen LogP contribution is -2.42. The van der Waals surface area contributed by atoms with E-state index in [2.05, 4.69) is 5.32 Å². The van der Waals surface area contributed by atoms with Gasteiger partial charge in [-0.15, -0.1) is 0 Å². The Bertz CT molecular complexity index is 416. The van der Waals surface area contributed by atoms with Gasteiger partial charge < -0.3 is 20.3 Å². The van der Waals surface area contributed by atoms with Crippen LogP contribution in [0.5, 0.6) is 5.75 Å². The predicted octanol–water partition coefficient (Wildman–Crippen LogP) is 1.63. The first-order chi connectivity index (χ1) is 9.57. The van der Waals surface area contributed by atoms with Crippen molar-refractivity contribution < 1.29 is 14.9 Å². The van der Waals surface area contributed by atoms with Crippen molar-refractivity contribution in [3.05, 3.63) is 29.8 Å². The third kappa shape index (κ3) is 4.78. The molecule has 3 N–H and O–H groups in total. The van der Waals surface area contributed by atoms with Crippen molar-refractivity contribution in [2.24, 2.45) is 0 Å². The van der Waals surface area contributed by atoms with E-state index in [4.69, 9.17) is 4.74 Å². The van der Waals surface area contributed by atoms with E-state index in [1.54, 1.807) is 0 Å². The first-order valence-corrected chi connectivity index (χ1v) is 7.38. The van der Waals surface area contributed by atoms with Gasteiger partial charge in [-0.2, -0.15) is 0 Å². The highest BCUT2D eigenvalue weighted by atomic mass is 16.5. The summed E-state index contributed by atoms with van der Waals surface area (Å²) >= 11 is 0. The van der Waals surface area contributed by atoms with Gasteiger partial charge in [-0.1, -0.05) is 25.0 Å². The van der Waals surface area contributed by atoms with Gasteiger partial charge in [0.1, 0.15) is 18.5 Å². The molecule has 0 aliphatic heterocycles. The molecule has 1 aromatic rings. The van der Waals surface area contributed by atoms with Crippen molar-refractivity contribution in [1.82, 2.24) is 5.32 Å². The molecule has 1 fully saturated rings. The average Bonchev–Trinajstić information content (AvgIpc) is 2.83. The molecule has 1 unspecified atom stereocenters. The zero-order valence-electron chi connectivity index (χ0n) is 12.1. The Morgan fingerprint density at radius 2 is 2.10 bits per heavy atom. The highest BCUT2D eigenvalue weighted by Crippen LogP contribution is 2.28. The van der Waals surface area contributed by atoms with Crippen molar-refractivity contribution in [2.45, 2.75) is 44.3 Å². The third-order valence-electron chi connectivity index (χ3n) is 3.80. The van der Waals surface area contributed by atoms with Crippen LogP contribution in [0, 0.1) is 6.92 Å². The van der Waals surface area contributed by atoms with Gasteiger partial charge in [0.2, 0.25) is 0 Å². The summed E-state index contributed by atoms with van der Waals surface area (Å²) in [4.78, 5) is 0. The molecule has 1 aliphatic carbocycles. The number of rotatable bonds is 7. The zero-order valence-corrected chi connectivity index (χ0v) is 12.1. The molecule has 1 aliphatic rings. The maximum atomic E-state index is 10.2. The van der Waals surface area contributed by atoms with E-state index in [-0.39, 0.29) is 6.61 Å². The molecule has 1 aromatic carbocycles. The number of aryl methyl sites for hydroxylation is 1. The summed E-state index contributed by atoms with van der Waals surface area (Å²) < 4.78 is 5.54. The van der Waals surface area contributed by atoms with Gasteiger partial charge in [-0.25, -0.2) is 0 Å². The monoisotopic (exact) mass is 279 g/mol. The summed E-state index contributed by atoms with van der Waals surface area (Å²) in [6, 6.07) is 7.77. The Balaban J connectivity index is 1.64. The summed E-state index contributed by atoms with van der Waals surface area (Å²) in [5.41, 5.74) is 0.565. The maximum Gasteiger partial charge on any atom is 0.119 e. The second kappa shape index (κ2) is 7.07. The van der Waals surface area contributed by atoms with Gasteiger partial charge in [0.05, 0.1) is 5.60 Å². The first-order valence-electron chi connectivity index (χ1n) is 7.38. The van der Waals surface area contributed by atoms with E-state index in [1.165, 1.54) is 0 Å². The molecule has 0 bridgehead atoms. The lowest BCUT2D eigenvalue weighted by atomic mass is 10.0. The molecule has 0 amide bonds. The Kier molecular flexibility index (Phi) is 5.40. The summed E-state index contributed by atoms with van der Waals surface area (Å²) in [5, 5.41) is 23.2. The van der Waals surface area contributed by atoms with Crippen LogP contribution in [0.15, 0.2) is 24.3 Å². The van der Waals surface area contributed by atoms with Gasteiger partial charge in [0, 0.05) is 13.1 Å². The Morgan fingerprint density at radius 1 is 1.35 bits per heavy atom. The highest BCUT2D eigenvalue weighted by molar-refractivity contribution is 5.27. The predicted molar refractivity (Wildman–Crippen MR) is 79.0 cm³/mol. The van der Waals surface area contributed by atoms with E-state index < -0.39 is 11.7 Å². The van der Waals surface area contributed by atoms with Crippen LogP contribution in [0.4, 0.5) is 0 Å². The summed E-state index contributed by atoms with van der Waals surface area (Å²) in [5.74, 6) is 0.776. The molecule has 20 heavy (non-hydrogen) atoms. The Labute approximate surface area is 120 Å². The SMILES string of the molecule is Cc1cccc(OCC(O)CNCC2(O)CCCC2)c1. The van der Waals surface area contributed by atoms with Crippen LogP contribution in [0.1, 0.15) is 31.2 Å². The number of hydrogen-bond donors (Lipinski definition) is 3. The van der Waals surface area contributed by atoms with Crippen molar-refractivity contribution >= 4 is 0 Å². The number of aliphatic hydroxyl groups excluding tert-OH is 1. The Morgan fingerprint density at radius 3 is 2.80 bits per heavy atom. The molecular weight excluding hydrogens is 254 g/mol. The van der Waals surface area contributed by atoms with E-state index >= 15 is 0 Å². The van der Waals surface area contributed by atoms with Crippen molar-refractivity contribution in [3.8, 4) is 5.75 Å². The van der Waals surface area contributed by atoms with Crippen LogP contribution in [0.25, 0.3) is 0 Å². The lowest BCUT2D eigenvalue weighted by molar-refractivity contribution is 0.0406. The highest BCUT2D eigenvalue weighted by Gasteiger charge is 2.30. The fourth-order valence-electron chi connectivity index (χ4n) is 2.64. The Hall–Kier alpha value is -1.10. The molecule has 1 saturated carbocycles. The van der Waals surface area contributed by atoms with Crippen LogP contribution in [-0.2, 0) is 0 Å². The maximum absolute atomic E-state index is 10.2. The number of hydrogen-bond acceptors (Lipinski definition) is 4. The first kappa shape index (κ1) is 15.3. The zero-order chi connectivity index (χ0) is 14.4. The number of benzene rings is 1. The quantitative estimate of drug-likeness (QED) is 0.710. The molecule has 0 saturated heterocycles. The minimum Gasteiger partial charge on any atom is -0.491 e. The van der Waals surface area contributed by atoms with Gasteiger partial charge in [0.15, 0.2) is 0 Å². The minimum absolute atomic E-state index is 0.259. The van der Waals surface area contributed by atoms with Gasteiger partial charge in [-0.3, -0.25) is 0 Å². The smallest absolute Gasteiger partial charge is 0.119 e. The van der Waals surface area contributed by atoms with Crippen LogP contribution in [-0.4, -0.2) is 41.6 Å². The summed E-state index contributed by atoms with van der Waals surface area (Å²) in [6.07, 6.45) is 3.33. The van der Waals surface area contributed by atoms with Gasteiger partial charge in [0.25, 0.3) is 0 Å². The van der Waals surface area contributed by atoms with Crippen LogP contribution in [0.2, 0.25) is 0 Å². The van der Waals surface area contributed by atoms with E-state index in [0.717, 1.165) is 37.0 Å². The summed E-state index contributed by atoms with van der Waals surface area (Å²) in [7, 11) is 0. The van der Waals surface area contributed by atoms with Crippen molar-refractivity contribution in [3.63, 3.8) is 0 Å². The third-order valence-corrected chi connectivity index (χ3v) is 3.80. The van der Waals surface area contributed by atoms with Gasteiger partial charge in [-0.05, 0) is 37.5 Å². The van der Waals surface area contributed by atoms with Gasteiger partial charge >= 0.3 is 0 Å². The second-order valence-corrected chi connectivity index (χ2v) is 5.84. The average molecular weight is 279 g/mol. The van der Waals surface area contributed by atoms with Crippen LogP contribution in [0.3, 0.4) is 0 Å². The molecule has 0 aromatic heterocycles. The standard InChI is InChI=1S/C16H25NO3/c1-13-5-4-6-15(9-13)20-11-14(18)10-17-12-16(19)7-2-3-8-16/h4-6,9,14,17-19H,2-3,7-8,10-12H2,1H3. The number of ether oxygens (including phenoxy) is 1. The fraction of sp³-hybridized carbons (Fsp3) is 0.625. The molecule has 2 rings (SSSR count). The van der Waals surface area contributed by atoms with Crippen LogP contribution < -0.4 is 10.1 Å².